The van der Waals surface area contributed by atoms with Gasteiger partial charge in [-0.15, -0.1) is 0 Å². The normalized spacial score (nSPS) is 10.4. The number of carboxylic acids is 1. The van der Waals surface area contributed by atoms with Gasteiger partial charge in [0.05, 0.1) is 0 Å². The minimum atomic E-state index is -1.57. The van der Waals surface area contributed by atoms with Crippen molar-refractivity contribution in [2.75, 3.05) is 0 Å². The van der Waals surface area contributed by atoms with Crippen LogP contribution in [0.2, 0.25) is 0 Å². The fourth-order valence-electron chi connectivity index (χ4n) is 1.55. The summed E-state index contributed by atoms with van der Waals surface area (Å²) in [5, 5.41) is 8.57. The molecular weight excluding hydrogens is 214 g/mol. The molecular formula is C12H14F2O2. The Labute approximate surface area is 92.9 Å². The fourth-order valence-corrected chi connectivity index (χ4v) is 1.55. The molecule has 88 valence electrons. The molecule has 1 rings (SSSR count). The number of carboxylic acid groups (broad SMARTS) is 1. The van der Waals surface area contributed by atoms with Crippen molar-refractivity contribution < 1.29 is 18.7 Å². The lowest BCUT2D eigenvalue weighted by Crippen LogP contribution is -2.05. The van der Waals surface area contributed by atoms with Crippen LogP contribution in [0.1, 0.15) is 42.1 Å². The summed E-state index contributed by atoms with van der Waals surface area (Å²) in [4.78, 5) is 10.5. The average Bonchev–Trinajstić information content (AvgIpc) is 2.16. The Kier molecular flexibility index (Phi) is 4.40. The molecule has 2 nitrogen and oxygen atoms in total. The van der Waals surface area contributed by atoms with Crippen LogP contribution >= 0.6 is 0 Å². The molecule has 0 saturated heterocycles. The summed E-state index contributed by atoms with van der Waals surface area (Å²) in [6.07, 6.45) is 3.44. The van der Waals surface area contributed by atoms with E-state index in [-0.39, 0.29) is 0 Å². The molecule has 0 unspecified atom stereocenters. The predicted octanol–water partition coefficient (Wildman–Crippen LogP) is 3.40. The van der Waals surface area contributed by atoms with Gasteiger partial charge in [0.2, 0.25) is 0 Å². The lowest BCUT2D eigenvalue weighted by Gasteiger charge is -2.04. The van der Waals surface area contributed by atoms with Gasteiger partial charge in [-0.2, -0.15) is 0 Å². The minimum Gasteiger partial charge on any atom is -0.477 e. The van der Waals surface area contributed by atoms with E-state index in [9.17, 15) is 13.6 Å². The van der Waals surface area contributed by atoms with Gasteiger partial charge < -0.3 is 5.11 Å². The van der Waals surface area contributed by atoms with E-state index in [0.717, 1.165) is 31.4 Å². The number of aromatic carboxylic acids is 1. The molecule has 0 aromatic heterocycles. The largest absolute Gasteiger partial charge is 0.477 e. The average molecular weight is 228 g/mol. The molecule has 1 N–H and O–H groups in total. The second-order valence-electron chi connectivity index (χ2n) is 3.70. The Hall–Kier alpha value is -1.45. The van der Waals surface area contributed by atoms with Gasteiger partial charge in [-0.3, -0.25) is 0 Å². The topological polar surface area (TPSA) is 37.3 Å². The molecule has 0 fully saturated rings. The van der Waals surface area contributed by atoms with Crippen LogP contribution in [0, 0.1) is 11.6 Å². The number of carbonyl (C=O) groups is 1. The van der Waals surface area contributed by atoms with Gasteiger partial charge in [-0.1, -0.05) is 19.8 Å². The summed E-state index contributed by atoms with van der Waals surface area (Å²) in [5.41, 5.74) is -0.368. The molecule has 0 amide bonds. The van der Waals surface area contributed by atoms with Crippen LogP contribution in [-0.2, 0) is 6.42 Å². The fraction of sp³-hybridized carbons (Fsp3) is 0.417. The molecule has 0 bridgehead atoms. The SMILES string of the molecule is CCCCCc1cc(F)c(C(=O)O)c(F)c1. The molecule has 0 aliphatic rings. The molecule has 0 heterocycles. The Morgan fingerprint density at radius 1 is 1.25 bits per heavy atom. The van der Waals surface area contributed by atoms with Crippen LogP contribution in [0.4, 0.5) is 8.78 Å². The number of hydrogen-bond donors (Lipinski definition) is 1. The summed E-state index contributed by atoms with van der Waals surface area (Å²) in [7, 11) is 0. The van der Waals surface area contributed by atoms with Crippen LogP contribution < -0.4 is 0 Å². The van der Waals surface area contributed by atoms with Crippen LogP contribution in [-0.4, -0.2) is 11.1 Å². The second-order valence-corrected chi connectivity index (χ2v) is 3.70. The van der Waals surface area contributed by atoms with E-state index in [1.165, 1.54) is 0 Å². The second kappa shape index (κ2) is 5.58. The van der Waals surface area contributed by atoms with E-state index in [4.69, 9.17) is 5.11 Å². The molecule has 0 radical (unpaired) electrons. The van der Waals surface area contributed by atoms with Gasteiger partial charge in [0.25, 0.3) is 0 Å². The highest BCUT2D eigenvalue weighted by Crippen LogP contribution is 2.17. The van der Waals surface area contributed by atoms with Crippen molar-refractivity contribution in [2.45, 2.75) is 32.6 Å². The van der Waals surface area contributed by atoms with Gasteiger partial charge in [0, 0.05) is 0 Å². The van der Waals surface area contributed by atoms with E-state index in [2.05, 4.69) is 0 Å². The maximum absolute atomic E-state index is 13.3. The van der Waals surface area contributed by atoms with Gasteiger partial charge in [-0.25, -0.2) is 13.6 Å². The maximum atomic E-state index is 13.3. The molecule has 0 atom stereocenters. The number of unbranched alkanes of at least 4 members (excludes halogenated alkanes) is 2. The van der Waals surface area contributed by atoms with Crippen molar-refractivity contribution in [3.05, 3.63) is 34.9 Å². The van der Waals surface area contributed by atoms with Crippen molar-refractivity contribution in [1.29, 1.82) is 0 Å². The Morgan fingerprint density at radius 2 is 1.81 bits per heavy atom. The molecule has 16 heavy (non-hydrogen) atoms. The third kappa shape index (κ3) is 3.02. The molecule has 0 spiro atoms. The standard InChI is InChI=1S/C12H14F2O2/c1-2-3-4-5-8-6-9(13)11(12(15)16)10(14)7-8/h6-7H,2-5H2,1H3,(H,15,16). The minimum absolute atomic E-state index is 0.508. The van der Waals surface area contributed by atoms with Gasteiger partial charge in [0.15, 0.2) is 0 Å². The molecule has 1 aromatic carbocycles. The number of aryl methyl sites for hydroxylation is 1. The molecule has 4 heteroatoms. The van der Waals surface area contributed by atoms with Crippen LogP contribution in [0.15, 0.2) is 12.1 Å². The number of halogens is 2. The number of hydrogen-bond acceptors (Lipinski definition) is 1. The predicted molar refractivity (Wildman–Crippen MR) is 56.5 cm³/mol. The van der Waals surface area contributed by atoms with E-state index < -0.39 is 23.2 Å². The Bertz CT molecular complexity index is 366. The summed E-state index contributed by atoms with van der Waals surface area (Å²) >= 11 is 0. The molecule has 0 saturated carbocycles. The zero-order valence-corrected chi connectivity index (χ0v) is 9.09. The summed E-state index contributed by atoms with van der Waals surface area (Å²) in [5.74, 6) is -3.58. The quantitative estimate of drug-likeness (QED) is 0.784. The maximum Gasteiger partial charge on any atom is 0.341 e. The smallest absolute Gasteiger partial charge is 0.341 e. The molecule has 0 aliphatic carbocycles. The zero-order valence-electron chi connectivity index (χ0n) is 9.09. The summed E-state index contributed by atoms with van der Waals surface area (Å²) in [6.45, 7) is 2.04. The van der Waals surface area contributed by atoms with E-state index in [1.807, 2.05) is 6.92 Å². The van der Waals surface area contributed by atoms with E-state index in [0.29, 0.717) is 12.0 Å². The number of rotatable bonds is 5. The first-order chi connectivity index (χ1) is 7.56. The first-order valence-corrected chi connectivity index (χ1v) is 5.27. The van der Waals surface area contributed by atoms with E-state index in [1.54, 1.807) is 0 Å². The summed E-state index contributed by atoms with van der Waals surface area (Å²) < 4.78 is 26.5. The van der Waals surface area contributed by atoms with Gasteiger partial charge >= 0.3 is 5.97 Å². The van der Waals surface area contributed by atoms with Gasteiger partial charge in [-0.05, 0) is 30.5 Å². The van der Waals surface area contributed by atoms with Crippen molar-refractivity contribution >= 4 is 5.97 Å². The van der Waals surface area contributed by atoms with Crippen molar-refractivity contribution in [3.63, 3.8) is 0 Å². The highest BCUT2D eigenvalue weighted by molar-refractivity contribution is 5.88. The lowest BCUT2D eigenvalue weighted by molar-refractivity contribution is 0.0686. The first kappa shape index (κ1) is 12.6. The third-order valence-electron chi connectivity index (χ3n) is 2.38. The monoisotopic (exact) mass is 228 g/mol. The Morgan fingerprint density at radius 3 is 2.25 bits per heavy atom. The first-order valence-electron chi connectivity index (χ1n) is 5.27. The third-order valence-corrected chi connectivity index (χ3v) is 2.38. The Balaban J connectivity index is 2.87. The molecule has 0 aliphatic heterocycles. The lowest BCUT2D eigenvalue weighted by atomic mass is 10.0. The number of benzene rings is 1. The van der Waals surface area contributed by atoms with Crippen LogP contribution in [0.25, 0.3) is 0 Å². The molecule has 1 aromatic rings. The van der Waals surface area contributed by atoms with Crippen molar-refractivity contribution in [2.24, 2.45) is 0 Å². The zero-order chi connectivity index (χ0) is 12.1. The highest BCUT2D eigenvalue weighted by Gasteiger charge is 2.17. The van der Waals surface area contributed by atoms with Crippen molar-refractivity contribution in [3.8, 4) is 0 Å². The van der Waals surface area contributed by atoms with Crippen molar-refractivity contribution in [1.82, 2.24) is 0 Å². The van der Waals surface area contributed by atoms with Crippen LogP contribution in [0.5, 0.6) is 0 Å². The van der Waals surface area contributed by atoms with Gasteiger partial charge in [0.1, 0.15) is 17.2 Å². The summed E-state index contributed by atoms with van der Waals surface area (Å²) in [6, 6.07) is 2.20. The van der Waals surface area contributed by atoms with E-state index >= 15 is 0 Å². The highest BCUT2D eigenvalue weighted by atomic mass is 19.1. The van der Waals surface area contributed by atoms with Crippen LogP contribution in [0.3, 0.4) is 0 Å².